The van der Waals surface area contributed by atoms with Crippen molar-refractivity contribution in [2.75, 3.05) is 19.7 Å². The minimum atomic E-state index is -1.34. The fraction of sp³-hybridized carbons (Fsp3) is 0.353. The predicted octanol–water partition coefficient (Wildman–Crippen LogP) is 5.78. The summed E-state index contributed by atoms with van der Waals surface area (Å²) < 4.78 is 46.3. The SMILES string of the molecule is O=C(C1=C(c2ccc(CCCOc3c(F)ccc(F)c3F)cc2)C[C@@H]2CNC[C@H]1N2C(=O)O)N(Cc1ccccc1)C1CC1. The van der Waals surface area contributed by atoms with Gasteiger partial charge < -0.3 is 20.1 Å². The summed E-state index contributed by atoms with van der Waals surface area (Å²) in [5.74, 6) is -4.30. The third-order valence-corrected chi connectivity index (χ3v) is 8.60. The smallest absolute Gasteiger partial charge is 0.408 e. The van der Waals surface area contributed by atoms with Crippen LogP contribution in [0.5, 0.6) is 5.75 Å². The number of ether oxygens (including phenoxy) is 1. The zero-order valence-electron chi connectivity index (χ0n) is 24.1. The van der Waals surface area contributed by atoms with Gasteiger partial charge in [-0.05, 0) is 66.5 Å². The van der Waals surface area contributed by atoms with Crippen LogP contribution in [0.1, 0.15) is 42.4 Å². The molecule has 44 heavy (non-hydrogen) atoms. The quantitative estimate of drug-likeness (QED) is 0.226. The number of hydrogen-bond acceptors (Lipinski definition) is 4. The average molecular weight is 606 g/mol. The lowest BCUT2D eigenvalue weighted by Crippen LogP contribution is -2.63. The molecule has 10 heteroatoms. The molecule has 2 N–H and O–H groups in total. The third kappa shape index (κ3) is 6.17. The van der Waals surface area contributed by atoms with E-state index < -0.39 is 35.3 Å². The van der Waals surface area contributed by atoms with Gasteiger partial charge in [0.15, 0.2) is 17.4 Å². The summed E-state index contributed by atoms with van der Waals surface area (Å²) in [4.78, 5) is 30.1. The maximum Gasteiger partial charge on any atom is 0.408 e. The second-order valence-corrected chi connectivity index (χ2v) is 11.6. The van der Waals surface area contributed by atoms with Crippen LogP contribution < -0.4 is 10.1 Å². The maximum atomic E-state index is 14.4. The second kappa shape index (κ2) is 12.7. The summed E-state index contributed by atoms with van der Waals surface area (Å²) >= 11 is 0. The van der Waals surface area contributed by atoms with Crippen molar-refractivity contribution in [3.63, 3.8) is 0 Å². The van der Waals surface area contributed by atoms with Crippen LogP contribution in [0.2, 0.25) is 0 Å². The number of fused-ring (bicyclic) bond motifs is 2. The van der Waals surface area contributed by atoms with Crippen LogP contribution in [0.4, 0.5) is 18.0 Å². The van der Waals surface area contributed by atoms with E-state index in [1.54, 1.807) is 0 Å². The van der Waals surface area contributed by atoms with Gasteiger partial charge in [-0.25, -0.2) is 13.6 Å². The van der Waals surface area contributed by atoms with E-state index in [1.165, 1.54) is 4.90 Å². The summed E-state index contributed by atoms with van der Waals surface area (Å²) in [6.45, 7) is 1.33. The Hall–Kier alpha value is -4.31. The van der Waals surface area contributed by atoms with Crippen LogP contribution in [0.15, 0.2) is 72.3 Å². The summed E-state index contributed by atoms with van der Waals surface area (Å²) in [7, 11) is 0. The van der Waals surface area contributed by atoms with Gasteiger partial charge in [0.1, 0.15) is 0 Å². The van der Waals surface area contributed by atoms with Crippen molar-refractivity contribution in [2.24, 2.45) is 0 Å². The van der Waals surface area contributed by atoms with E-state index in [0.29, 0.717) is 44.5 Å². The number of aryl methyl sites for hydroxylation is 1. The van der Waals surface area contributed by atoms with Gasteiger partial charge in [-0.2, -0.15) is 4.39 Å². The monoisotopic (exact) mass is 605 g/mol. The number of carboxylic acid groups (broad SMARTS) is 1. The molecule has 0 aromatic heterocycles. The molecule has 1 aliphatic carbocycles. The number of amides is 2. The molecule has 2 bridgehead atoms. The Balaban J connectivity index is 1.24. The Morgan fingerprint density at radius 2 is 1.66 bits per heavy atom. The Morgan fingerprint density at radius 1 is 0.932 bits per heavy atom. The number of halogens is 3. The standard InChI is InChI=1S/C34H34F3N3O4/c35-27-14-15-28(36)32(31(27)37)44-16-4-7-21-8-10-23(11-9-21)26-17-25-18-38-19-29(40(25)34(42)43)30(26)33(41)39(24-12-13-24)20-22-5-2-1-3-6-22/h1-3,5-6,8-11,14-15,24-25,29,38H,4,7,12-13,16-20H2,(H,42,43)/t25-,29-/m1/s1. The number of piperazine rings is 1. The van der Waals surface area contributed by atoms with E-state index in [1.807, 2.05) is 59.5 Å². The van der Waals surface area contributed by atoms with Crippen molar-refractivity contribution in [1.82, 2.24) is 15.1 Å². The molecule has 1 saturated carbocycles. The first-order chi connectivity index (χ1) is 21.3. The van der Waals surface area contributed by atoms with Crippen LogP contribution in [0.3, 0.4) is 0 Å². The van der Waals surface area contributed by atoms with Crippen molar-refractivity contribution < 1.29 is 32.6 Å². The molecule has 0 radical (unpaired) electrons. The van der Waals surface area contributed by atoms with Crippen molar-refractivity contribution in [2.45, 2.75) is 56.8 Å². The van der Waals surface area contributed by atoms with Crippen molar-refractivity contribution in [1.29, 1.82) is 0 Å². The van der Waals surface area contributed by atoms with Crippen LogP contribution in [0.25, 0.3) is 5.57 Å². The number of benzene rings is 3. The highest BCUT2D eigenvalue weighted by molar-refractivity contribution is 6.04. The summed E-state index contributed by atoms with van der Waals surface area (Å²) in [5.41, 5.74) is 4.25. The summed E-state index contributed by atoms with van der Waals surface area (Å²) in [6.07, 6.45) is 2.23. The summed E-state index contributed by atoms with van der Waals surface area (Å²) in [6, 6.07) is 18.4. The molecular weight excluding hydrogens is 571 g/mol. The second-order valence-electron chi connectivity index (χ2n) is 11.6. The lowest BCUT2D eigenvalue weighted by molar-refractivity contribution is -0.129. The normalized spacial score (nSPS) is 19.6. The lowest BCUT2D eigenvalue weighted by Gasteiger charge is -2.47. The zero-order chi connectivity index (χ0) is 30.8. The number of nitrogens with zero attached hydrogens (tertiary/aromatic N) is 2. The molecule has 0 spiro atoms. The van der Waals surface area contributed by atoms with E-state index in [9.17, 15) is 27.9 Å². The van der Waals surface area contributed by atoms with Crippen LogP contribution in [0, 0.1) is 17.5 Å². The van der Waals surface area contributed by atoms with E-state index in [4.69, 9.17) is 4.74 Å². The molecule has 2 atom stereocenters. The lowest BCUT2D eigenvalue weighted by atomic mass is 9.81. The molecule has 0 unspecified atom stereocenters. The van der Waals surface area contributed by atoms with Crippen molar-refractivity contribution in [3.8, 4) is 5.75 Å². The molecule has 1 saturated heterocycles. The highest BCUT2D eigenvalue weighted by atomic mass is 19.2. The fourth-order valence-electron chi connectivity index (χ4n) is 6.28. The zero-order valence-corrected chi connectivity index (χ0v) is 24.1. The average Bonchev–Trinajstić information content (AvgIpc) is 3.87. The minimum Gasteiger partial charge on any atom is -0.488 e. The molecule has 6 rings (SSSR count). The molecule has 2 heterocycles. The van der Waals surface area contributed by atoms with Gasteiger partial charge in [0.2, 0.25) is 5.82 Å². The maximum absolute atomic E-state index is 14.4. The first-order valence-electron chi connectivity index (χ1n) is 15.0. The molecule has 3 aromatic carbocycles. The minimum absolute atomic E-state index is 0.00263. The first kappa shape index (κ1) is 29.7. The summed E-state index contributed by atoms with van der Waals surface area (Å²) in [5, 5.41) is 13.5. The molecule has 230 valence electrons. The van der Waals surface area contributed by atoms with Gasteiger partial charge in [0.25, 0.3) is 5.91 Å². The largest absolute Gasteiger partial charge is 0.488 e. The number of rotatable bonds is 10. The van der Waals surface area contributed by atoms with Crippen molar-refractivity contribution in [3.05, 3.63) is 106 Å². The van der Waals surface area contributed by atoms with E-state index in [2.05, 4.69) is 5.32 Å². The van der Waals surface area contributed by atoms with Gasteiger partial charge in [0.05, 0.1) is 18.7 Å². The Kier molecular flexibility index (Phi) is 8.61. The van der Waals surface area contributed by atoms with Gasteiger partial charge in [-0.15, -0.1) is 0 Å². The number of carbonyl (C=O) groups is 2. The highest BCUT2D eigenvalue weighted by Gasteiger charge is 2.46. The van der Waals surface area contributed by atoms with Crippen molar-refractivity contribution >= 4 is 17.6 Å². The van der Waals surface area contributed by atoms with Crippen LogP contribution in [-0.4, -0.2) is 64.7 Å². The molecular formula is C34H34F3N3O4. The molecule has 2 fully saturated rings. The molecule has 2 amide bonds. The van der Waals surface area contributed by atoms with E-state index in [-0.39, 0.29) is 24.6 Å². The van der Waals surface area contributed by atoms with E-state index >= 15 is 0 Å². The van der Waals surface area contributed by atoms with E-state index in [0.717, 1.165) is 47.2 Å². The third-order valence-electron chi connectivity index (χ3n) is 8.60. The fourth-order valence-corrected chi connectivity index (χ4v) is 6.28. The number of nitrogens with one attached hydrogen (secondary N) is 1. The Morgan fingerprint density at radius 3 is 2.36 bits per heavy atom. The Bertz CT molecular complexity index is 1560. The van der Waals surface area contributed by atoms with Crippen LogP contribution >= 0.6 is 0 Å². The van der Waals surface area contributed by atoms with Gasteiger partial charge in [-0.3, -0.25) is 9.69 Å². The van der Waals surface area contributed by atoms with Gasteiger partial charge >= 0.3 is 6.09 Å². The highest BCUT2D eigenvalue weighted by Crippen LogP contribution is 2.40. The van der Waals surface area contributed by atoms with Crippen LogP contribution in [-0.2, 0) is 17.8 Å². The topological polar surface area (TPSA) is 82.1 Å². The van der Waals surface area contributed by atoms with Gasteiger partial charge in [-0.1, -0.05) is 54.6 Å². The number of hydrogen-bond donors (Lipinski definition) is 2. The molecule has 3 aromatic rings. The number of carbonyl (C=O) groups excluding carboxylic acids is 1. The molecule has 7 nitrogen and oxygen atoms in total. The molecule has 2 aliphatic heterocycles. The van der Waals surface area contributed by atoms with Gasteiger partial charge in [0, 0.05) is 31.2 Å². The Labute approximate surface area is 253 Å². The molecule has 3 aliphatic rings. The predicted molar refractivity (Wildman–Crippen MR) is 158 cm³/mol. The first-order valence-corrected chi connectivity index (χ1v) is 15.0.